The minimum absolute atomic E-state index is 0.593. The lowest BCUT2D eigenvalue weighted by Crippen LogP contribution is -1.92. The van der Waals surface area contributed by atoms with Crippen LogP contribution in [0.15, 0.2) is 28.8 Å². The number of alkyl halides is 1. The lowest BCUT2D eigenvalue weighted by molar-refractivity contribution is 0.393. The molecular formula is C14H16ClNO3. The highest BCUT2D eigenvalue weighted by Crippen LogP contribution is 2.38. The summed E-state index contributed by atoms with van der Waals surface area (Å²) >= 11 is 5.66. The van der Waals surface area contributed by atoms with Gasteiger partial charge < -0.3 is 13.9 Å². The lowest BCUT2D eigenvalue weighted by Gasteiger charge is -2.10. The Morgan fingerprint density at radius 2 is 1.89 bits per heavy atom. The third kappa shape index (κ3) is 3.01. The number of nitrogens with zero attached hydrogens (tertiary/aromatic N) is 1. The minimum Gasteiger partial charge on any atom is -0.496 e. The highest BCUT2D eigenvalue weighted by atomic mass is 35.5. The smallest absolute Gasteiger partial charge is 0.194 e. The first-order valence-corrected chi connectivity index (χ1v) is 6.55. The number of benzene rings is 1. The number of methoxy groups -OCH3 is 2. The third-order valence-electron chi connectivity index (χ3n) is 2.75. The molecule has 0 saturated carbocycles. The molecule has 0 unspecified atom stereocenters. The van der Waals surface area contributed by atoms with Crippen molar-refractivity contribution in [3.8, 4) is 22.8 Å². The first-order valence-electron chi connectivity index (χ1n) is 6.02. The SMILES string of the molecule is COc1cccc(OC)c1-c1cnc(CCCCl)o1. The van der Waals surface area contributed by atoms with Crippen molar-refractivity contribution in [1.82, 2.24) is 4.98 Å². The van der Waals surface area contributed by atoms with Crippen molar-refractivity contribution < 1.29 is 13.9 Å². The molecule has 102 valence electrons. The summed E-state index contributed by atoms with van der Waals surface area (Å²) in [6.45, 7) is 0. The number of oxazole rings is 1. The Morgan fingerprint density at radius 1 is 1.21 bits per heavy atom. The highest BCUT2D eigenvalue weighted by molar-refractivity contribution is 6.17. The molecular weight excluding hydrogens is 266 g/mol. The maximum absolute atomic E-state index is 5.73. The number of ether oxygens (including phenoxy) is 2. The molecule has 0 spiro atoms. The van der Waals surface area contributed by atoms with E-state index >= 15 is 0 Å². The van der Waals surface area contributed by atoms with Crippen LogP contribution in [-0.4, -0.2) is 25.1 Å². The number of rotatable bonds is 6. The van der Waals surface area contributed by atoms with Crippen molar-refractivity contribution in [2.75, 3.05) is 20.1 Å². The Labute approximate surface area is 117 Å². The lowest BCUT2D eigenvalue weighted by atomic mass is 10.1. The van der Waals surface area contributed by atoms with Crippen molar-refractivity contribution in [2.24, 2.45) is 0 Å². The van der Waals surface area contributed by atoms with Crippen LogP contribution in [0.3, 0.4) is 0 Å². The van der Waals surface area contributed by atoms with Crippen LogP contribution >= 0.6 is 11.6 Å². The third-order valence-corrected chi connectivity index (χ3v) is 3.02. The van der Waals surface area contributed by atoms with Crippen LogP contribution in [0.4, 0.5) is 0 Å². The van der Waals surface area contributed by atoms with Gasteiger partial charge >= 0.3 is 0 Å². The first-order chi connectivity index (χ1) is 9.30. The molecule has 0 aliphatic carbocycles. The molecule has 0 fully saturated rings. The van der Waals surface area contributed by atoms with Gasteiger partial charge in [-0.15, -0.1) is 11.6 Å². The molecule has 1 aromatic heterocycles. The van der Waals surface area contributed by atoms with E-state index in [4.69, 9.17) is 25.5 Å². The van der Waals surface area contributed by atoms with Gasteiger partial charge in [-0.2, -0.15) is 0 Å². The number of halogens is 1. The van der Waals surface area contributed by atoms with Gasteiger partial charge in [-0.1, -0.05) is 6.07 Å². The summed E-state index contributed by atoms with van der Waals surface area (Å²) < 4.78 is 16.4. The Morgan fingerprint density at radius 3 is 2.47 bits per heavy atom. The predicted octanol–water partition coefficient (Wildman–Crippen LogP) is 3.53. The van der Waals surface area contributed by atoms with Crippen molar-refractivity contribution >= 4 is 11.6 Å². The van der Waals surface area contributed by atoms with E-state index in [0.29, 0.717) is 29.0 Å². The molecule has 0 bridgehead atoms. The van der Waals surface area contributed by atoms with Gasteiger partial charge in [-0.3, -0.25) is 0 Å². The van der Waals surface area contributed by atoms with E-state index in [1.807, 2.05) is 18.2 Å². The van der Waals surface area contributed by atoms with Crippen LogP contribution in [-0.2, 0) is 6.42 Å². The summed E-state index contributed by atoms with van der Waals surface area (Å²) in [5.74, 6) is 3.29. The zero-order valence-electron chi connectivity index (χ0n) is 11.0. The zero-order chi connectivity index (χ0) is 13.7. The summed E-state index contributed by atoms with van der Waals surface area (Å²) in [7, 11) is 3.23. The van der Waals surface area contributed by atoms with E-state index in [-0.39, 0.29) is 0 Å². The van der Waals surface area contributed by atoms with Gasteiger partial charge in [-0.25, -0.2) is 4.98 Å². The summed E-state index contributed by atoms with van der Waals surface area (Å²) in [5, 5.41) is 0. The van der Waals surface area contributed by atoms with Crippen LogP contribution < -0.4 is 9.47 Å². The summed E-state index contributed by atoms with van der Waals surface area (Å²) in [6.07, 6.45) is 3.25. The molecule has 0 N–H and O–H groups in total. The zero-order valence-corrected chi connectivity index (χ0v) is 11.7. The van der Waals surface area contributed by atoms with Gasteiger partial charge in [0.2, 0.25) is 0 Å². The molecule has 0 radical (unpaired) electrons. The number of aryl methyl sites for hydroxylation is 1. The van der Waals surface area contributed by atoms with Gasteiger partial charge in [0.1, 0.15) is 17.1 Å². The predicted molar refractivity (Wildman–Crippen MR) is 74.1 cm³/mol. The average molecular weight is 282 g/mol. The van der Waals surface area contributed by atoms with Crippen molar-refractivity contribution in [2.45, 2.75) is 12.8 Å². The van der Waals surface area contributed by atoms with E-state index < -0.39 is 0 Å². The van der Waals surface area contributed by atoms with E-state index in [0.717, 1.165) is 18.4 Å². The quantitative estimate of drug-likeness (QED) is 0.760. The summed E-state index contributed by atoms with van der Waals surface area (Å²) in [4.78, 5) is 4.24. The van der Waals surface area contributed by atoms with Gasteiger partial charge in [0.05, 0.1) is 20.4 Å². The van der Waals surface area contributed by atoms with Gasteiger partial charge in [-0.05, 0) is 18.6 Å². The largest absolute Gasteiger partial charge is 0.496 e. The second kappa shape index (κ2) is 6.48. The van der Waals surface area contributed by atoms with E-state index in [9.17, 15) is 0 Å². The summed E-state index contributed by atoms with van der Waals surface area (Å²) in [5.41, 5.74) is 0.775. The van der Waals surface area contributed by atoms with Crippen LogP contribution in [0.25, 0.3) is 11.3 Å². The van der Waals surface area contributed by atoms with Crippen LogP contribution in [0.5, 0.6) is 11.5 Å². The fourth-order valence-electron chi connectivity index (χ4n) is 1.85. The normalized spacial score (nSPS) is 10.5. The Hall–Kier alpha value is -1.68. The number of aromatic nitrogens is 1. The van der Waals surface area contributed by atoms with E-state index in [1.54, 1.807) is 20.4 Å². The number of hydrogen-bond donors (Lipinski definition) is 0. The van der Waals surface area contributed by atoms with E-state index in [2.05, 4.69) is 4.98 Å². The highest BCUT2D eigenvalue weighted by Gasteiger charge is 2.16. The van der Waals surface area contributed by atoms with E-state index in [1.165, 1.54) is 0 Å². The monoisotopic (exact) mass is 281 g/mol. The first kappa shape index (κ1) is 13.7. The second-order valence-electron chi connectivity index (χ2n) is 3.95. The van der Waals surface area contributed by atoms with Gasteiger partial charge in [0, 0.05) is 12.3 Å². The molecule has 1 aromatic carbocycles. The molecule has 0 aliphatic rings. The van der Waals surface area contributed by atoms with Crippen LogP contribution in [0, 0.1) is 0 Å². The molecule has 0 aliphatic heterocycles. The van der Waals surface area contributed by atoms with Crippen molar-refractivity contribution in [1.29, 1.82) is 0 Å². The molecule has 19 heavy (non-hydrogen) atoms. The maximum atomic E-state index is 5.73. The fraction of sp³-hybridized carbons (Fsp3) is 0.357. The van der Waals surface area contributed by atoms with Gasteiger partial charge in [0.25, 0.3) is 0 Å². The topological polar surface area (TPSA) is 44.5 Å². The molecule has 2 rings (SSSR count). The molecule has 2 aromatic rings. The minimum atomic E-state index is 0.593. The van der Waals surface area contributed by atoms with Crippen LogP contribution in [0.2, 0.25) is 0 Å². The molecule has 0 amide bonds. The van der Waals surface area contributed by atoms with Crippen LogP contribution in [0.1, 0.15) is 12.3 Å². The fourth-order valence-corrected chi connectivity index (χ4v) is 1.99. The average Bonchev–Trinajstić information content (AvgIpc) is 2.92. The molecule has 1 heterocycles. The standard InChI is InChI=1S/C14H16ClNO3/c1-17-10-5-3-6-11(18-2)14(10)12-9-16-13(19-12)7-4-8-15/h3,5-6,9H,4,7-8H2,1-2H3. The van der Waals surface area contributed by atoms with Gasteiger partial charge in [0.15, 0.2) is 11.7 Å². The van der Waals surface area contributed by atoms with Crippen molar-refractivity contribution in [3.05, 3.63) is 30.3 Å². The number of hydrogen-bond acceptors (Lipinski definition) is 4. The Balaban J connectivity index is 2.37. The molecule has 0 saturated heterocycles. The molecule has 5 heteroatoms. The Bertz CT molecular complexity index is 517. The summed E-state index contributed by atoms with van der Waals surface area (Å²) in [6, 6.07) is 5.59. The molecule has 0 atom stereocenters. The Kier molecular flexibility index (Phi) is 4.68. The maximum Gasteiger partial charge on any atom is 0.194 e. The van der Waals surface area contributed by atoms with Crippen molar-refractivity contribution in [3.63, 3.8) is 0 Å². The second-order valence-corrected chi connectivity index (χ2v) is 4.33. The molecule has 4 nitrogen and oxygen atoms in total.